The van der Waals surface area contributed by atoms with Crippen LogP contribution in [0.25, 0.3) is 5.52 Å². The Hall–Kier alpha value is -1.95. The van der Waals surface area contributed by atoms with Gasteiger partial charge in [-0.2, -0.15) is 5.10 Å². The maximum atomic E-state index is 12.6. The zero-order valence-electron chi connectivity index (χ0n) is 10.7. The molecule has 0 bridgehead atoms. The lowest BCUT2D eigenvalue weighted by Crippen LogP contribution is -2.46. The van der Waals surface area contributed by atoms with Gasteiger partial charge in [0.25, 0.3) is 5.91 Å². The highest BCUT2D eigenvalue weighted by atomic mass is 16.2. The van der Waals surface area contributed by atoms with Crippen molar-refractivity contribution in [1.29, 1.82) is 0 Å². The molecule has 0 spiro atoms. The summed E-state index contributed by atoms with van der Waals surface area (Å²) in [6, 6.07) is 0.336. The summed E-state index contributed by atoms with van der Waals surface area (Å²) in [5, 5.41) is 4.18. The quantitative estimate of drug-likeness (QED) is 0.876. The minimum absolute atomic E-state index is 0.0122. The largest absolute Gasteiger partial charge is 0.334 e. The summed E-state index contributed by atoms with van der Waals surface area (Å²) in [5.74, 6) is 0.0122. The summed E-state index contributed by atoms with van der Waals surface area (Å²) in [6.45, 7) is 1.08. The van der Waals surface area contributed by atoms with Crippen molar-refractivity contribution in [3.63, 3.8) is 0 Å². The van der Waals surface area contributed by atoms with Gasteiger partial charge in [0, 0.05) is 31.5 Å². The molecule has 0 aliphatic heterocycles. The fourth-order valence-electron chi connectivity index (χ4n) is 2.44. The van der Waals surface area contributed by atoms with E-state index in [2.05, 4.69) is 10.1 Å². The number of hydrogen-bond donors (Lipinski definition) is 1. The molecule has 100 valence electrons. The van der Waals surface area contributed by atoms with Crippen LogP contribution in [-0.4, -0.2) is 44.5 Å². The van der Waals surface area contributed by atoms with Crippen LogP contribution >= 0.6 is 0 Å². The number of nitrogens with zero attached hydrogens (tertiary/aromatic N) is 4. The van der Waals surface area contributed by atoms with E-state index >= 15 is 0 Å². The number of carbonyl (C=O) groups excluding carboxylic acids is 1. The van der Waals surface area contributed by atoms with Crippen molar-refractivity contribution < 1.29 is 4.79 Å². The van der Waals surface area contributed by atoms with E-state index in [1.54, 1.807) is 29.3 Å². The molecular weight excluding hydrogens is 242 g/mol. The van der Waals surface area contributed by atoms with Crippen LogP contribution in [-0.2, 0) is 0 Å². The molecule has 0 atom stereocenters. The third-order valence-corrected chi connectivity index (χ3v) is 3.70. The van der Waals surface area contributed by atoms with Crippen molar-refractivity contribution in [2.24, 2.45) is 5.73 Å². The Morgan fingerprint density at radius 2 is 2.32 bits per heavy atom. The van der Waals surface area contributed by atoms with Crippen LogP contribution in [0.3, 0.4) is 0 Å². The van der Waals surface area contributed by atoms with Crippen LogP contribution in [0.1, 0.15) is 29.6 Å². The Bertz CT molecular complexity index is 589. The second kappa shape index (κ2) is 4.97. The van der Waals surface area contributed by atoms with Crippen LogP contribution in [0.5, 0.6) is 0 Å². The number of hydrogen-bond acceptors (Lipinski definition) is 4. The molecule has 1 aliphatic carbocycles. The number of nitrogens with two attached hydrogens (primary N) is 1. The van der Waals surface area contributed by atoms with Crippen molar-refractivity contribution in [3.8, 4) is 0 Å². The summed E-state index contributed by atoms with van der Waals surface area (Å²) in [5.41, 5.74) is 6.97. The maximum Gasteiger partial charge on any atom is 0.258 e. The molecule has 6 nitrogen and oxygen atoms in total. The van der Waals surface area contributed by atoms with Crippen LogP contribution < -0.4 is 5.73 Å². The van der Waals surface area contributed by atoms with Gasteiger partial charge in [-0.25, -0.2) is 4.52 Å². The molecule has 0 saturated heterocycles. The van der Waals surface area contributed by atoms with Gasteiger partial charge in [0.05, 0.1) is 23.5 Å². The van der Waals surface area contributed by atoms with E-state index in [-0.39, 0.29) is 5.91 Å². The number of fused-ring (bicyclic) bond motifs is 1. The minimum atomic E-state index is 0.0122. The molecule has 2 aromatic heterocycles. The van der Waals surface area contributed by atoms with E-state index in [0.29, 0.717) is 24.7 Å². The standard InChI is InChI=1S/C13H17N5O/c14-4-6-17(10-2-1-3-10)13(19)11-8-16-18-7-5-15-9-12(11)18/h5,7-10H,1-4,6,14H2. The van der Waals surface area contributed by atoms with Gasteiger partial charge in [-0.1, -0.05) is 0 Å². The smallest absolute Gasteiger partial charge is 0.258 e. The molecule has 2 aromatic rings. The molecule has 1 aliphatic rings. The Labute approximate surface area is 111 Å². The SMILES string of the molecule is NCCN(C(=O)c1cnn2ccncc12)C1CCC1. The molecule has 0 unspecified atom stereocenters. The fraction of sp³-hybridized carbons (Fsp3) is 0.462. The Morgan fingerprint density at radius 1 is 1.47 bits per heavy atom. The van der Waals surface area contributed by atoms with E-state index in [1.807, 2.05) is 4.90 Å². The second-order valence-corrected chi connectivity index (χ2v) is 4.84. The molecule has 1 amide bonds. The van der Waals surface area contributed by atoms with Crippen LogP contribution in [0.4, 0.5) is 0 Å². The van der Waals surface area contributed by atoms with Gasteiger partial charge < -0.3 is 10.6 Å². The molecule has 0 radical (unpaired) electrons. The van der Waals surface area contributed by atoms with Gasteiger partial charge in [-0.15, -0.1) is 0 Å². The topological polar surface area (TPSA) is 76.5 Å². The maximum absolute atomic E-state index is 12.6. The lowest BCUT2D eigenvalue weighted by Gasteiger charge is -2.37. The van der Waals surface area contributed by atoms with Gasteiger partial charge in [-0.3, -0.25) is 9.78 Å². The van der Waals surface area contributed by atoms with Crippen LogP contribution in [0, 0.1) is 0 Å². The van der Waals surface area contributed by atoms with E-state index in [9.17, 15) is 4.79 Å². The van der Waals surface area contributed by atoms with Crippen molar-refractivity contribution in [3.05, 3.63) is 30.4 Å². The first-order valence-electron chi connectivity index (χ1n) is 6.59. The third kappa shape index (κ3) is 2.08. The fourth-order valence-corrected chi connectivity index (χ4v) is 2.44. The molecule has 1 saturated carbocycles. The molecule has 6 heteroatoms. The third-order valence-electron chi connectivity index (χ3n) is 3.70. The highest BCUT2D eigenvalue weighted by Gasteiger charge is 2.30. The number of aromatic nitrogens is 3. The number of amides is 1. The summed E-state index contributed by atoms with van der Waals surface area (Å²) < 4.78 is 1.67. The molecule has 2 N–H and O–H groups in total. The highest BCUT2D eigenvalue weighted by Crippen LogP contribution is 2.26. The van der Waals surface area contributed by atoms with Gasteiger partial charge in [0.15, 0.2) is 0 Å². The number of carbonyl (C=O) groups is 1. The van der Waals surface area contributed by atoms with Crippen molar-refractivity contribution >= 4 is 11.4 Å². The lowest BCUT2D eigenvalue weighted by molar-refractivity contribution is 0.0590. The molecule has 0 aromatic carbocycles. The summed E-state index contributed by atoms with van der Waals surface area (Å²) in [7, 11) is 0. The van der Waals surface area contributed by atoms with Crippen molar-refractivity contribution in [1.82, 2.24) is 19.5 Å². The van der Waals surface area contributed by atoms with Gasteiger partial charge in [0.2, 0.25) is 0 Å². The van der Waals surface area contributed by atoms with Crippen molar-refractivity contribution in [2.75, 3.05) is 13.1 Å². The predicted octanol–water partition coefficient (Wildman–Crippen LogP) is 0.683. The van der Waals surface area contributed by atoms with Gasteiger partial charge >= 0.3 is 0 Å². The monoisotopic (exact) mass is 259 g/mol. The van der Waals surface area contributed by atoms with Gasteiger partial charge in [0.1, 0.15) is 0 Å². The average Bonchev–Trinajstić information content (AvgIpc) is 2.79. The van der Waals surface area contributed by atoms with Crippen LogP contribution in [0.15, 0.2) is 24.8 Å². The summed E-state index contributed by atoms with van der Waals surface area (Å²) in [6.07, 6.45) is 10.0. The zero-order valence-corrected chi connectivity index (χ0v) is 10.7. The first-order valence-corrected chi connectivity index (χ1v) is 6.59. The van der Waals surface area contributed by atoms with E-state index in [1.165, 1.54) is 6.42 Å². The Morgan fingerprint density at radius 3 is 3.00 bits per heavy atom. The molecule has 1 fully saturated rings. The first kappa shape index (κ1) is 12.1. The van der Waals surface area contributed by atoms with E-state index < -0.39 is 0 Å². The highest BCUT2D eigenvalue weighted by molar-refractivity contribution is 6.00. The molecule has 19 heavy (non-hydrogen) atoms. The normalized spacial score (nSPS) is 15.4. The van der Waals surface area contributed by atoms with E-state index in [4.69, 9.17) is 5.73 Å². The molecular formula is C13H17N5O. The predicted molar refractivity (Wildman–Crippen MR) is 70.7 cm³/mol. The summed E-state index contributed by atoms with van der Waals surface area (Å²) >= 11 is 0. The van der Waals surface area contributed by atoms with Gasteiger partial charge in [-0.05, 0) is 19.3 Å². The molecule has 3 rings (SSSR count). The Kier molecular flexibility index (Phi) is 3.16. The summed E-state index contributed by atoms with van der Waals surface area (Å²) in [4.78, 5) is 18.6. The average molecular weight is 259 g/mol. The lowest BCUT2D eigenvalue weighted by atomic mass is 9.91. The van der Waals surface area contributed by atoms with E-state index in [0.717, 1.165) is 18.4 Å². The molecule has 2 heterocycles. The minimum Gasteiger partial charge on any atom is -0.334 e. The Balaban J connectivity index is 1.92. The zero-order chi connectivity index (χ0) is 13.2. The second-order valence-electron chi connectivity index (χ2n) is 4.84. The van der Waals surface area contributed by atoms with Crippen LogP contribution in [0.2, 0.25) is 0 Å². The van der Waals surface area contributed by atoms with Crippen molar-refractivity contribution in [2.45, 2.75) is 25.3 Å². The number of rotatable bonds is 4. The first-order chi connectivity index (χ1) is 9.31.